The number of hydrogen-bond donors (Lipinski definition) is 1. The fourth-order valence-corrected chi connectivity index (χ4v) is 1.86. The summed E-state index contributed by atoms with van der Waals surface area (Å²) >= 11 is 0. The third-order valence-electron chi connectivity index (χ3n) is 2.31. The largest absolute Gasteiger partial charge is 0.373 e. The van der Waals surface area contributed by atoms with Crippen LogP contribution in [0.4, 0.5) is 0 Å². The van der Waals surface area contributed by atoms with E-state index in [9.17, 15) is 4.79 Å². The lowest BCUT2D eigenvalue weighted by atomic mass is 10.2. The van der Waals surface area contributed by atoms with E-state index in [2.05, 4.69) is 16.8 Å². The molecule has 1 fully saturated rings. The molecule has 4 heteroatoms. The lowest BCUT2D eigenvalue weighted by molar-refractivity contribution is -0.125. The smallest absolute Gasteiger partial charge is 0.234 e. The number of morpholine rings is 1. The van der Waals surface area contributed by atoms with E-state index in [1.807, 2.05) is 13.8 Å². The van der Waals surface area contributed by atoms with Crippen LogP contribution >= 0.6 is 0 Å². The van der Waals surface area contributed by atoms with Gasteiger partial charge in [-0.25, -0.2) is 0 Å². The molecule has 1 rings (SSSR count). The van der Waals surface area contributed by atoms with Gasteiger partial charge in [0.2, 0.25) is 5.91 Å². The monoisotopic (exact) mass is 212 g/mol. The Morgan fingerprint density at radius 1 is 1.53 bits per heavy atom. The topological polar surface area (TPSA) is 41.6 Å². The molecular formula is C11H20N2O2. The first-order valence-electron chi connectivity index (χ1n) is 5.37. The Bertz CT molecular complexity index is 221. The van der Waals surface area contributed by atoms with Crippen molar-refractivity contribution >= 4 is 5.91 Å². The molecular weight excluding hydrogens is 192 g/mol. The van der Waals surface area contributed by atoms with Crippen molar-refractivity contribution in [1.82, 2.24) is 10.2 Å². The number of nitrogens with one attached hydrogen (secondary N) is 1. The molecule has 1 saturated heterocycles. The maximum absolute atomic E-state index is 11.4. The van der Waals surface area contributed by atoms with Gasteiger partial charge in [0.15, 0.2) is 0 Å². The van der Waals surface area contributed by atoms with Gasteiger partial charge < -0.3 is 10.1 Å². The highest BCUT2D eigenvalue weighted by molar-refractivity contribution is 5.78. The predicted octanol–water partition coefficient (Wildman–Crippen LogP) is 0.398. The Hall–Kier alpha value is -0.870. The number of rotatable bonds is 4. The molecule has 4 nitrogen and oxygen atoms in total. The van der Waals surface area contributed by atoms with E-state index >= 15 is 0 Å². The molecule has 2 atom stereocenters. The van der Waals surface area contributed by atoms with Gasteiger partial charge in [-0.15, -0.1) is 6.58 Å². The second-order valence-electron chi connectivity index (χ2n) is 4.04. The maximum Gasteiger partial charge on any atom is 0.234 e. The van der Waals surface area contributed by atoms with Crippen molar-refractivity contribution in [1.29, 1.82) is 0 Å². The summed E-state index contributed by atoms with van der Waals surface area (Å²) in [5.41, 5.74) is 0. The van der Waals surface area contributed by atoms with E-state index in [4.69, 9.17) is 4.74 Å². The molecule has 1 amide bonds. The Morgan fingerprint density at radius 2 is 2.13 bits per heavy atom. The zero-order chi connectivity index (χ0) is 11.3. The Labute approximate surface area is 91.3 Å². The van der Waals surface area contributed by atoms with Crippen LogP contribution in [0.1, 0.15) is 13.8 Å². The van der Waals surface area contributed by atoms with Crippen LogP contribution in [0.2, 0.25) is 0 Å². The summed E-state index contributed by atoms with van der Waals surface area (Å²) in [4.78, 5) is 13.6. The first kappa shape index (κ1) is 12.2. The fraction of sp³-hybridized carbons (Fsp3) is 0.727. The number of amides is 1. The van der Waals surface area contributed by atoms with E-state index in [1.54, 1.807) is 6.08 Å². The van der Waals surface area contributed by atoms with Crippen LogP contribution in [0.15, 0.2) is 12.7 Å². The number of hydrogen-bond acceptors (Lipinski definition) is 3. The average molecular weight is 212 g/mol. The molecule has 0 aliphatic carbocycles. The molecule has 1 aliphatic heterocycles. The van der Waals surface area contributed by atoms with Gasteiger partial charge in [0.25, 0.3) is 0 Å². The van der Waals surface area contributed by atoms with Crippen molar-refractivity contribution < 1.29 is 9.53 Å². The zero-order valence-corrected chi connectivity index (χ0v) is 9.53. The molecule has 0 aromatic heterocycles. The van der Waals surface area contributed by atoms with E-state index in [-0.39, 0.29) is 18.1 Å². The minimum Gasteiger partial charge on any atom is -0.373 e. The highest BCUT2D eigenvalue weighted by Crippen LogP contribution is 2.09. The molecule has 0 aromatic rings. The molecule has 15 heavy (non-hydrogen) atoms. The van der Waals surface area contributed by atoms with Gasteiger partial charge in [0.1, 0.15) is 0 Å². The molecule has 1 heterocycles. The molecule has 0 radical (unpaired) electrons. The first-order valence-corrected chi connectivity index (χ1v) is 5.37. The van der Waals surface area contributed by atoms with Crippen molar-refractivity contribution in [3.05, 3.63) is 12.7 Å². The van der Waals surface area contributed by atoms with E-state index in [0.717, 1.165) is 13.1 Å². The third kappa shape index (κ3) is 4.44. The minimum atomic E-state index is 0.0520. The van der Waals surface area contributed by atoms with Crippen molar-refractivity contribution in [3.63, 3.8) is 0 Å². The quantitative estimate of drug-likeness (QED) is 0.686. The van der Waals surface area contributed by atoms with Crippen molar-refractivity contribution in [3.8, 4) is 0 Å². The van der Waals surface area contributed by atoms with Crippen LogP contribution in [0, 0.1) is 0 Å². The standard InChI is InChI=1S/C11H20N2O2/c1-4-5-12-11(14)8-13-6-9(2)15-10(3)7-13/h4,9-10H,1,5-8H2,2-3H3,(H,12,14). The predicted molar refractivity (Wildman–Crippen MR) is 59.7 cm³/mol. The van der Waals surface area contributed by atoms with Gasteiger partial charge in [-0.2, -0.15) is 0 Å². The van der Waals surface area contributed by atoms with Crippen molar-refractivity contribution in [2.24, 2.45) is 0 Å². The van der Waals surface area contributed by atoms with Gasteiger partial charge in [-0.1, -0.05) is 6.08 Å². The molecule has 0 saturated carbocycles. The maximum atomic E-state index is 11.4. The van der Waals surface area contributed by atoms with Crippen LogP contribution in [0.25, 0.3) is 0 Å². The van der Waals surface area contributed by atoms with Gasteiger partial charge in [-0.3, -0.25) is 9.69 Å². The minimum absolute atomic E-state index is 0.0520. The first-order chi connectivity index (χ1) is 7.11. The molecule has 0 spiro atoms. The second-order valence-corrected chi connectivity index (χ2v) is 4.04. The Kier molecular flexibility index (Phi) is 4.78. The molecule has 86 valence electrons. The van der Waals surface area contributed by atoms with Crippen LogP contribution in [-0.2, 0) is 9.53 Å². The molecule has 0 aromatic carbocycles. The summed E-state index contributed by atoms with van der Waals surface area (Å²) in [6.45, 7) is 10.3. The summed E-state index contributed by atoms with van der Waals surface area (Å²) in [5.74, 6) is 0.0520. The lowest BCUT2D eigenvalue weighted by Gasteiger charge is -2.34. The summed E-state index contributed by atoms with van der Waals surface area (Å²) in [6.07, 6.45) is 2.10. The average Bonchev–Trinajstić information content (AvgIpc) is 2.13. The Morgan fingerprint density at radius 3 is 2.67 bits per heavy atom. The van der Waals surface area contributed by atoms with Crippen LogP contribution in [0.3, 0.4) is 0 Å². The van der Waals surface area contributed by atoms with Crippen molar-refractivity contribution in [2.75, 3.05) is 26.2 Å². The number of ether oxygens (including phenoxy) is 1. The fourth-order valence-electron chi connectivity index (χ4n) is 1.86. The number of nitrogens with zero attached hydrogens (tertiary/aromatic N) is 1. The normalized spacial score (nSPS) is 27.3. The van der Waals surface area contributed by atoms with E-state index in [0.29, 0.717) is 13.1 Å². The lowest BCUT2D eigenvalue weighted by Crippen LogP contribution is -2.49. The number of carbonyl (C=O) groups is 1. The molecule has 1 N–H and O–H groups in total. The van der Waals surface area contributed by atoms with Gasteiger partial charge in [-0.05, 0) is 13.8 Å². The summed E-state index contributed by atoms with van der Waals surface area (Å²) in [7, 11) is 0. The Balaban J connectivity index is 2.30. The van der Waals surface area contributed by atoms with Gasteiger partial charge in [0.05, 0.1) is 18.8 Å². The van der Waals surface area contributed by atoms with Crippen molar-refractivity contribution in [2.45, 2.75) is 26.1 Å². The summed E-state index contributed by atoms with van der Waals surface area (Å²) in [6, 6.07) is 0. The van der Waals surface area contributed by atoms with Gasteiger partial charge in [0, 0.05) is 19.6 Å². The molecule has 1 aliphatic rings. The number of carbonyl (C=O) groups excluding carboxylic acids is 1. The third-order valence-corrected chi connectivity index (χ3v) is 2.31. The highest BCUT2D eigenvalue weighted by Gasteiger charge is 2.23. The summed E-state index contributed by atoms with van der Waals surface area (Å²) in [5, 5.41) is 2.77. The van der Waals surface area contributed by atoms with E-state index < -0.39 is 0 Å². The van der Waals surface area contributed by atoms with Crippen LogP contribution in [0.5, 0.6) is 0 Å². The van der Waals surface area contributed by atoms with Crippen LogP contribution in [-0.4, -0.2) is 49.2 Å². The zero-order valence-electron chi connectivity index (χ0n) is 9.53. The van der Waals surface area contributed by atoms with Crippen LogP contribution < -0.4 is 5.32 Å². The van der Waals surface area contributed by atoms with Gasteiger partial charge >= 0.3 is 0 Å². The molecule has 0 bridgehead atoms. The highest BCUT2D eigenvalue weighted by atomic mass is 16.5. The summed E-state index contributed by atoms with van der Waals surface area (Å²) < 4.78 is 5.59. The second kappa shape index (κ2) is 5.88. The SMILES string of the molecule is C=CCNC(=O)CN1CC(C)OC(C)C1. The molecule has 2 unspecified atom stereocenters. The van der Waals surface area contributed by atoms with E-state index in [1.165, 1.54) is 0 Å².